The lowest BCUT2D eigenvalue weighted by Gasteiger charge is -2.26. The second-order valence-electron chi connectivity index (χ2n) is 5.36. The third kappa shape index (κ3) is 3.60. The van der Waals surface area contributed by atoms with Crippen LogP contribution in [0.2, 0.25) is 5.15 Å². The Morgan fingerprint density at radius 3 is 2.76 bits per heavy atom. The molecule has 0 atom stereocenters. The van der Waals surface area contributed by atoms with E-state index in [1.807, 2.05) is 6.92 Å². The van der Waals surface area contributed by atoms with Crippen LogP contribution in [0.1, 0.15) is 38.2 Å². The van der Waals surface area contributed by atoms with Crippen molar-refractivity contribution in [3.8, 4) is 0 Å². The van der Waals surface area contributed by atoms with E-state index in [4.69, 9.17) is 11.6 Å². The smallest absolute Gasteiger partial charge is 0.152 e. The standard InChI is InChI=1S/C14H21ClN2/c1-10-3-5-12(6-4-10)9-16-13-7-11(2)8-17-14(13)15/h7-8,10,12,16H,3-6,9H2,1-2H3. The molecule has 2 nitrogen and oxygen atoms in total. The Morgan fingerprint density at radius 1 is 1.35 bits per heavy atom. The summed E-state index contributed by atoms with van der Waals surface area (Å²) in [7, 11) is 0. The van der Waals surface area contributed by atoms with Gasteiger partial charge in [0.2, 0.25) is 0 Å². The van der Waals surface area contributed by atoms with Gasteiger partial charge in [-0.3, -0.25) is 0 Å². The van der Waals surface area contributed by atoms with Crippen LogP contribution in [0.15, 0.2) is 12.3 Å². The highest BCUT2D eigenvalue weighted by Gasteiger charge is 2.18. The van der Waals surface area contributed by atoms with Crippen LogP contribution in [0.3, 0.4) is 0 Å². The first kappa shape index (κ1) is 12.7. The van der Waals surface area contributed by atoms with E-state index in [1.54, 1.807) is 6.20 Å². The average molecular weight is 253 g/mol. The number of hydrogen-bond acceptors (Lipinski definition) is 2. The quantitative estimate of drug-likeness (QED) is 0.813. The molecule has 0 spiro atoms. The number of pyridine rings is 1. The fourth-order valence-corrected chi connectivity index (χ4v) is 2.63. The Hall–Kier alpha value is -0.760. The van der Waals surface area contributed by atoms with Gasteiger partial charge in [-0.25, -0.2) is 4.98 Å². The molecule has 0 bridgehead atoms. The molecule has 1 N–H and O–H groups in total. The molecule has 1 aliphatic carbocycles. The highest BCUT2D eigenvalue weighted by atomic mass is 35.5. The number of aryl methyl sites for hydroxylation is 1. The predicted octanol–water partition coefficient (Wildman–Crippen LogP) is 4.28. The number of anilines is 1. The number of halogens is 1. The minimum atomic E-state index is 0.583. The average Bonchev–Trinajstić information content (AvgIpc) is 2.32. The van der Waals surface area contributed by atoms with E-state index in [9.17, 15) is 0 Å². The van der Waals surface area contributed by atoms with Gasteiger partial charge in [-0.05, 0) is 43.2 Å². The zero-order chi connectivity index (χ0) is 12.3. The van der Waals surface area contributed by atoms with Gasteiger partial charge in [-0.2, -0.15) is 0 Å². The summed E-state index contributed by atoms with van der Waals surface area (Å²) in [4.78, 5) is 4.16. The van der Waals surface area contributed by atoms with Crippen molar-refractivity contribution in [1.29, 1.82) is 0 Å². The Kier molecular flexibility index (Phi) is 4.27. The molecule has 0 unspecified atom stereocenters. The van der Waals surface area contributed by atoms with Gasteiger partial charge in [0.25, 0.3) is 0 Å². The maximum Gasteiger partial charge on any atom is 0.152 e. The van der Waals surface area contributed by atoms with Crippen molar-refractivity contribution in [3.05, 3.63) is 23.0 Å². The molecule has 1 aromatic heterocycles. The molecule has 0 amide bonds. The topological polar surface area (TPSA) is 24.9 Å². The molecule has 1 saturated carbocycles. The first-order valence-corrected chi connectivity index (χ1v) is 6.89. The maximum absolute atomic E-state index is 6.06. The number of nitrogens with one attached hydrogen (secondary N) is 1. The van der Waals surface area contributed by atoms with Gasteiger partial charge in [0, 0.05) is 12.7 Å². The summed E-state index contributed by atoms with van der Waals surface area (Å²) in [5, 5.41) is 4.03. The van der Waals surface area contributed by atoms with Crippen molar-refractivity contribution in [1.82, 2.24) is 4.98 Å². The summed E-state index contributed by atoms with van der Waals surface area (Å²) in [6, 6.07) is 2.07. The van der Waals surface area contributed by atoms with Gasteiger partial charge in [0.05, 0.1) is 5.69 Å². The lowest BCUT2D eigenvalue weighted by Crippen LogP contribution is -2.20. The molecule has 0 aromatic carbocycles. The normalized spacial score (nSPS) is 24.6. The monoisotopic (exact) mass is 252 g/mol. The predicted molar refractivity (Wildman–Crippen MR) is 73.6 cm³/mol. The van der Waals surface area contributed by atoms with Crippen molar-refractivity contribution in [2.75, 3.05) is 11.9 Å². The van der Waals surface area contributed by atoms with Crippen molar-refractivity contribution in [2.24, 2.45) is 11.8 Å². The maximum atomic E-state index is 6.06. The van der Waals surface area contributed by atoms with E-state index in [0.29, 0.717) is 5.15 Å². The van der Waals surface area contributed by atoms with Gasteiger partial charge < -0.3 is 5.32 Å². The summed E-state index contributed by atoms with van der Waals surface area (Å²) < 4.78 is 0. The Bertz CT molecular complexity index is 370. The highest BCUT2D eigenvalue weighted by molar-refractivity contribution is 6.31. The molecular weight excluding hydrogens is 232 g/mol. The Labute approximate surface area is 109 Å². The third-order valence-corrected chi connectivity index (χ3v) is 3.99. The molecule has 1 heterocycles. The van der Waals surface area contributed by atoms with Crippen LogP contribution < -0.4 is 5.32 Å². The summed E-state index contributed by atoms with van der Waals surface area (Å²) in [5.41, 5.74) is 2.12. The summed E-state index contributed by atoms with van der Waals surface area (Å²) in [5.74, 6) is 1.71. The minimum absolute atomic E-state index is 0.583. The second kappa shape index (κ2) is 5.72. The van der Waals surface area contributed by atoms with Crippen LogP contribution in [0.5, 0.6) is 0 Å². The Balaban J connectivity index is 1.87. The number of nitrogens with zero attached hydrogens (tertiary/aromatic N) is 1. The first-order valence-electron chi connectivity index (χ1n) is 6.51. The largest absolute Gasteiger partial charge is 0.382 e. The lowest BCUT2D eigenvalue weighted by molar-refractivity contribution is 0.300. The number of hydrogen-bond donors (Lipinski definition) is 1. The zero-order valence-corrected chi connectivity index (χ0v) is 11.4. The minimum Gasteiger partial charge on any atom is -0.382 e. The molecule has 1 fully saturated rings. The van der Waals surface area contributed by atoms with E-state index in [1.165, 1.54) is 25.7 Å². The van der Waals surface area contributed by atoms with E-state index < -0.39 is 0 Å². The van der Waals surface area contributed by atoms with E-state index in [-0.39, 0.29) is 0 Å². The van der Waals surface area contributed by atoms with Crippen LogP contribution in [0.4, 0.5) is 5.69 Å². The van der Waals surface area contributed by atoms with Gasteiger partial charge in [0.15, 0.2) is 5.15 Å². The van der Waals surface area contributed by atoms with Crippen LogP contribution in [-0.4, -0.2) is 11.5 Å². The fraction of sp³-hybridized carbons (Fsp3) is 0.643. The molecule has 1 aromatic rings. The Morgan fingerprint density at radius 2 is 2.06 bits per heavy atom. The number of aromatic nitrogens is 1. The van der Waals surface area contributed by atoms with Crippen LogP contribution >= 0.6 is 11.6 Å². The fourth-order valence-electron chi connectivity index (χ4n) is 2.46. The molecule has 0 saturated heterocycles. The van der Waals surface area contributed by atoms with Gasteiger partial charge in [0.1, 0.15) is 0 Å². The molecule has 0 radical (unpaired) electrons. The molecule has 1 aliphatic rings. The van der Waals surface area contributed by atoms with E-state index in [0.717, 1.165) is 29.6 Å². The first-order chi connectivity index (χ1) is 8.15. The summed E-state index contributed by atoms with van der Waals surface area (Å²) in [6.07, 6.45) is 7.21. The van der Waals surface area contributed by atoms with Crippen LogP contribution in [0, 0.1) is 18.8 Å². The van der Waals surface area contributed by atoms with Gasteiger partial charge in [-0.1, -0.05) is 31.4 Å². The lowest BCUT2D eigenvalue weighted by atomic mass is 9.83. The highest BCUT2D eigenvalue weighted by Crippen LogP contribution is 2.29. The SMILES string of the molecule is Cc1cnc(Cl)c(NCC2CCC(C)CC2)c1. The van der Waals surface area contributed by atoms with E-state index >= 15 is 0 Å². The molecule has 17 heavy (non-hydrogen) atoms. The van der Waals surface area contributed by atoms with Crippen molar-refractivity contribution in [3.63, 3.8) is 0 Å². The summed E-state index contributed by atoms with van der Waals surface area (Å²) >= 11 is 6.06. The van der Waals surface area contributed by atoms with Crippen LogP contribution in [0.25, 0.3) is 0 Å². The van der Waals surface area contributed by atoms with Crippen molar-refractivity contribution in [2.45, 2.75) is 39.5 Å². The third-order valence-electron chi connectivity index (χ3n) is 3.69. The summed E-state index contributed by atoms with van der Waals surface area (Å²) in [6.45, 7) is 5.42. The van der Waals surface area contributed by atoms with Crippen molar-refractivity contribution >= 4 is 17.3 Å². The number of rotatable bonds is 3. The van der Waals surface area contributed by atoms with Gasteiger partial charge in [-0.15, -0.1) is 0 Å². The van der Waals surface area contributed by atoms with Crippen LogP contribution in [-0.2, 0) is 0 Å². The molecular formula is C14H21ClN2. The molecule has 0 aliphatic heterocycles. The zero-order valence-electron chi connectivity index (χ0n) is 10.7. The molecule has 94 valence electrons. The second-order valence-corrected chi connectivity index (χ2v) is 5.72. The van der Waals surface area contributed by atoms with E-state index in [2.05, 4.69) is 23.3 Å². The molecule has 2 rings (SSSR count). The molecule has 3 heteroatoms. The van der Waals surface area contributed by atoms with Crippen molar-refractivity contribution < 1.29 is 0 Å². The van der Waals surface area contributed by atoms with Gasteiger partial charge >= 0.3 is 0 Å².